The molecule has 2 fully saturated rings. The maximum absolute atomic E-state index is 13.9. The summed E-state index contributed by atoms with van der Waals surface area (Å²) in [6.45, 7) is 7.47. The van der Waals surface area contributed by atoms with Gasteiger partial charge >= 0.3 is 0 Å². The molecule has 3 aliphatic rings. The summed E-state index contributed by atoms with van der Waals surface area (Å²) in [4.78, 5) is 39.3. The Kier molecular flexibility index (Phi) is 7.82. The van der Waals surface area contributed by atoms with Crippen LogP contribution in [0.3, 0.4) is 0 Å². The summed E-state index contributed by atoms with van der Waals surface area (Å²) in [6.07, 6.45) is 8.11. The summed E-state index contributed by atoms with van der Waals surface area (Å²) in [5.74, 6) is 2.00. The SMILES string of the molecule is COc1cc(C(=O)N2C[C@H](N)[C@@H]3CC[C@H]2C3)cc2nc(-c3cc4ccc5nc4n3CCCCCCC(C)(C)C(=O)N[C@@H]5C)n(C)c12. The number of hydrogen-bond donors (Lipinski definition) is 2. The van der Waals surface area contributed by atoms with Gasteiger partial charge in [-0.3, -0.25) is 9.59 Å². The highest BCUT2D eigenvalue weighted by Gasteiger charge is 2.41. The average Bonchev–Trinajstić information content (AvgIpc) is 3.73. The fraction of sp³-hybridized carbons (Fsp3) is 0.556. The van der Waals surface area contributed by atoms with Gasteiger partial charge in [0.05, 0.1) is 30.1 Å². The van der Waals surface area contributed by atoms with Crippen LogP contribution in [0.5, 0.6) is 5.75 Å². The van der Waals surface area contributed by atoms with Gasteiger partial charge in [-0.25, -0.2) is 9.97 Å². The molecule has 10 heteroatoms. The number of amides is 2. The lowest BCUT2D eigenvalue weighted by atomic mass is 9.85. The van der Waals surface area contributed by atoms with E-state index in [9.17, 15) is 9.59 Å². The molecule has 2 aliphatic heterocycles. The lowest BCUT2D eigenvalue weighted by molar-refractivity contribution is -0.130. The summed E-state index contributed by atoms with van der Waals surface area (Å²) in [5.41, 5.74) is 10.9. The molecule has 10 nitrogen and oxygen atoms in total. The maximum atomic E-state index is 13.9. The summed E-state index contributed by atoms with van der Waals surface area (Å²) in [6, 6.07) is 10.1. The van der Waals surface area contributed by atoms with E-state index in [-0.39, 0.29) is 29.9 Å². The van der Waals surface area contributed by atoms with Crippen LogP contribution >= 0.6 is 0 Å². The third-order valence-corrected chi connectivity index (χ3v) is 10.9. The smallest absolute Gasteiger partial charge is 0.254 e. The van der Waals surface area contributed by atoms with E-state index in [1.807, 2.05) is 50.9 Å². The second-order valence-electron chi connectivity index (χ2n) is 14.5. The number of nitrogens with one attached hydrogen (secondary N) is 1. The van der Waals surface area contributed by atoms with Crippen LogP contribution in [-0.4, -0.2) is 61.6 Å². The van der Waals surface area contributed by atoms with Crippen LogP contribution in [0, 0.1) is 11.3 Å². The van der Waals surface area contributed by atoms with Crippen molar-refractivity contribution in [1.82, 2.24) is 29.3 Å². The molecular weight excluding hydrogens is 578 g/mol. The predicted octanol–water partition coefficient (Wildman–Crippen LogP) is 5.72. The first-order chi connectivity index (χ1) is 22.1. The van der Waals surface area contributed by atoms with Crippen molar-refractivity contribution in [3.63, 3.8) is 0 Å². The predicted molar refractivity (Wildman–Crippen MR) is 180 cm³/mol. The lowest BCUT2D eigenvalue weighted by Crippen LogP contribution is -2.51. The van der Waals surface area contributed by atoms with Crippen LogP contribution in [-0.2, 0) is 18.4 Å². The van der Waals surface area contributed by atoms with Crippen LogP contribution in [0.1, 0.15) is 94.2 Å². The second kappa shape index (κ2) is 11.7. The van der Waals surface area contributed by atoms with Gasteiger partial charge in [0.15, 0.2) is 5.82 Å². The van der Waals surface area contributed by atoms with Crippen molar-refractivity contribution in [2.75, 3.05) is 13.7 Å². The topological polar surface area (TPSA) is 120 Å². The van der Waals surface area contributed by atoms with Crippen LogP contribution in [0.15, 0.2) is 30.3 Å². The summed E-state index contributed by atoms with van der Waals surface area (Å²) < 4.78 is 10.2. The zero-order valence-corrected chi connectivity index (χ0v) is 27.8. The standard InChI is InChI=1S/C36H47N7O3/c1-21-27-13-11-23-18-29(42(32(23)39-27)15-9-7-6-8-14-36(2,3)35(45)38-21)33-40-28-17-24(19-30(46-5)31(28)41(33)4)34(44)43-20-26(37)22-10-12-25(43)16-22/h11,13,17-19,21-22,25-26H,6-10,12,14-16,20,37H2,1-5H3,(H,38,45)/t21-,22-,25+,26+/m1/s1. The molecule has 1 aliphatic carbocycles. The van der Waals surface area contributed by atoms with Gasteiger partial charge in [-0.05, 0) is 75.3 Å². The molecule has 1 saturated carbocycles. The maximum Gasteiger partial charge on any atom is 0.254 e. The number of aromatic nitrogens is 4. The highest BCUT2D eigenvalue weighted by molar-refractivity contribution is 6.00. The van der Waals surface area contributed by atoms with E-state index in [0.717, 1.165) is 97.2 Å². The van der Waals surface area contributed by atoms with E-state index in [1.54, 1.807) is 7.11 Å². The number of fused-ring (bicyclic) bond motifs is 4. The monoisotopic (exact) mass is 625 g/mol. The quantitative estimate of drug-likeness (QED) is 0.301. The number of ether oxygens (including phenoxy) is 1. The minimum Gasteiger partial charge on any atom is -0.494 e. The van der Waals surface area contributed by atoms with Crippen molar-refractivity contribution in [3.05, 3.63) is 41.6 Å². The van der Waals surface area contributed by atoms with E-state index in [1.165, 1.54) is 0 Å². The first kappa shape index (κ1) is 30.7. The number of aryl methyl sites for hydroxylation is 2. The van der Waals surface area contributed by atoms with E-state index in [2.05, 4.69) is 26.6 Å². The average molecular weight is 626 g/mol. The number of pyridine rings is 1. The molecule has 0 spiro atoms. The van der Waals surface area contributed by atoms with Gasteiger partial charge in [0.1, 0.15) is 16.9 Å². The molecule has 4 atom stereocenters. The van der Waals surface area contributed by atoms with Crippen molar-refractivity contribution in [3.8, 4) is 17.3 Å². The number of hydrogen-bond acceptors (Lipinski definition) is 6. The number of nitrogens with zero attached hydrogens (tertiary/aromatic N) is 5. The Balaban J connectivity index is 1.30. The zero-order valence-electron chi connectivity index (χ0n) is 27.8. The molecule has 1 saturated heterocycles. The van der Waals surface area contributed by atoms with Gasteiger partial charge in [0, 0.05) is 48.6 Å². The number of methoxy groups -OCH3 is 1. The van der Waals surface area contributed by atoms with Crippen LogP contribution < -0.4 is 15.8 Å². The molecule has 0 radical (unpaired) electrons. The number of carbonyl (C=O) groups is 2. The number of imidazole rings is 1. The second-order valence-corrected chi connectivity index (χ2v) is 14.5. The molecule has 244 valence electrons. The number of likely N-dealkylation sites (tertiary alicyclic amines) is 1. The molecule has 1 aromatic carbocycles. The first-order valence-electron chi connectivity index (χ1n) is 17.0. The number of benzene rings is 1. The largest absolute Gasteiger partial charge is 0.494 e. The minimum absolute atomic E-state index is 0.00296. The van der Waals surface area contributed by atoms with Crippen molar-refractivity contribution in [1.29, 1.82) is 0 Å². The van der Waals surface area contributed by atoms with Crippen molar-refractivity contribution < 1.29 is 14.3 Å². The van der Waals surface area contributed by atoms with Crippen LogP contribution in [0.25, 0.3) is 33.6 Å². The summed E-state index contributed by atoms with van der Waals surface area (Å²) in [7, 11) is 3.65. The Labute approximate surface area is 270 Å². The molecular formula is C36H47N7O3. The van der Waals surface area contributed by atoms with Gasteiger partial charge in [0.25, 0.3) is 5.91 Å². The molecule has 7 rings (SSSR count). The zero-order chi connectivity index (χ0) is 32.3. The number of piperidine rings is 1. The molecule has 4 bridgehead atoms. The summed E-state index contributed by atoms with van der Waals surface area (Å²) >= 11 is 0. The fourth-order valence-electron chi connectivity index (χ4n) is 7.99. The molecule has 5 heterocycles. The van der Waals surface area contributed by atoms with E-state index in [4.69, 9.17) is 20.4 Å². The molecule has 46 heavy (non-hydrogen) atoms. The van der Waals surface area contributed by atoms with E-state index < -0.39 is 5.41 Å². The first-order valence-corrected chi connectivity index (χ1v) is 17.0. The Hall–Kier alpha value is -3.92. The summed E-state index contributed by atoms with van der Waals surface area (Å²) in [5, 5.41) is 4.24. The van der Waals surface area contributed by atoms with Crippen LogP contribution in [0.2, 0.25) is 0 Å². The minimum atomic E-state index is -0.415. The van der Waals surface area contributed by atoms with Crippen molar-refractivity contribution in [2.24, 2.45) is 24.1 Å². The van der Waals surface area contributed by atoms with Gasteiger partial charge in [-0.1, -0.05) is 33.1 Å². The normalized spacial score (nSPS) is 25.2. The molecule has 0 unspecified atom stereocenters. The van der Waals surface area contributed by atoms with Crippen LogP contribution in [0.4, 0.5) is 0 Å². The molecule has 4 aromatic rings. The fourth-order valence-corrected chi connectivity index (χ4v) is 7.99. The number of nitrogens with two attached hydrogens (primary N) is 1. The Morgan fingerprint density at radius 2 is 1.89 bits per heavy atom. The molecule has 3 aromatic heterocycles. The third-order valence-electron chi connectivity index (χ3n) is 10.9. The van der Waals surface area contributed by atoms with Gasteiger partial charge in [-0.15, -0.1) is 0 Å². The number of rotatable bonds is 3. The van der Waals surface area contributed by atoms with Gasteiger partial charge < -0.3 is 29.8 Å². The van der Waals surface area contributed by atoms with E-state index >= 15 is 0 Å². The number of carbonyl (C=O) groups excluding carboxylic acids is 2. The Bertz CT molecular complexity index is 1820. The highest BCUT2D eigenvalue weighted by Crippen LogP contribution is 2.39. The third kappa shape index (κ3) is 5.24. The van der Waals surface area contributed by atoms with Gasteiger partial charge in [0.2, 0.25) is 5.91 Å². The van der Waals surface area contributed by atoms with Crippen molar-refractivity contribution >= 4 is 33.9 Å². The Morgan fingerprint density at radius 3 is 2.70 bits per heavy atom. The van der Waals surface area contributed by atoms with Crippen molar-refractivity contribution in [2.45, 2.75) is 96.8 Å². The van der Waals surface area contributed by atoms with Gasteiger partial charge in [-0.2, -0.15) is 0 Å². The molecule has 2 amide bonds. The lowest BCUT2D eigenvalue weighted by Gasteiger charge is -2.37. The van der Waals surface area contributed by atoms with E-state index in [0.29, 0.717) is 23.8 Å². The highest BCUT2D eigenvalue weighted by atomic mass is 16.5. The Morgan fingerprint density at radius 1 is 1.09 bits per heavy atom. The molecule has 3 N–H and O–H groups in total.